The molecule has 2 aromatic carbocycles. The Kier molecular flexibility index (Phi) is 3.85. The van der Waals surface area contributed by atoms with Crippen molar-refractivity contribution in [2.45, 2.75) is 12.8 Å². The van der Waals surface area contributed by atoms with Gasteiger partial charge in [0, 0.05) is 18.4 Å². The number of carbonyl (C=O) groups is 1. The van der Waals surface area contributed by atoms with Crippen LogP contribution in [-0.2, 0) is 6.42 Å². The highest BCUT2D eigenvalue weighted by Gasteiger charge is 2.19. The highest BCUT2D eigenvalue weighted by atomic mass is 32.1. The van der Waals surface area contributed by atoms with Gasteiger partial charge in [-0.25, -0.2) is 4.98 Å². The van der Waals surface area contributed by atoms with Crippen LogP contribution in [0, 0.1) is 0 Å². The first-order valence-corrected chi connectivity index (χ1v) is 10.5. The Morgan fingerprint density at radius 1 is 1.07 bits per heavy atom. The Balaban J connectivity index is 1.39. The molecule has 0 bridgehead atoms. The van der Waals surface area contributed by atoms with Crippen LogP contribution in [0.15, 0.2) is 54.0 Å². The maximum absolute atomic E-state index is 12.2. The van der Waals surface area contributed by atoms with Crippen LogP contribution in [0.5, 0.6) is 5.75 Å². The molecule has 0 radical (unpaired) electrons. The average molecular weight is 413 g/mol. The molecule has 0 saturated heterocycles. The molecule has 1 aliphatic heterocycles. The fourth-order valence-electron chi connectivity index (χ4n) is 3.71. The largest absolute Gasteiger partial charge is 0.492 e. The van der Waals surface area contributed by atoms with Crippen molar-refractivity contribution < 1.29 is 9.53 Å². The molecule has 0 atom stereocenters. The normalized spacial score (nSPS) is 13.5. The van der Waals surface area contributed by atoms with Crippen molar-refractivity contribution in [1.82, 2.24) is 24.8 Å². The highest BCUT2D eigenvalue weighted by molar-refractivity contribution is 7.16. The second-order valence-corrected chi connectivity index (χ2v) is 8.05. The van der Waals surface area contributed by atoms with Crippen molar-refractivity contribution in [2.75, 3.05) is 6.61 Å². The van der Waals surface area contributed by atoms with Crippen LogP contribution >= 0.6 is 11.3 Å². The fraction of sp³-hybridized carbons (Fsp3) is 0.136. The Hall–Kier alpha value is -3.65. The van der Waals surface area contributed by atoms with Gasteiger partial charge in [-0.2, -0.15) is 9.61 Å². The third kappa shape index (κ3) is 2.84. The van der Waals surface area contributed by atoms with Crippen LogP contribution in [0.3, 0.4) is 0 Å². The number of Topliss-reactive ketones (excluding diaryl/α,β-unsaturated/α-hetero) is 1. The number of ether oxygens (including phenoxy) is 1. The summed E-state index contributed by atoms with van der Waals surface area (Å²) in [7, 11) is 0. The molecule has 146 valence electrons. The Morgan fingerprint density at radius 3 is 3.00 bits per heavy atom. The monoisotopic (exact) mass is 413 g/mol. The smallest absolute Gasteiger partial charge is 0.177 e. The lowest BCUT2D eigenvalue weighted by Gasteiger charge is -2.16. The van der Waals surface area contributed by atoms with Gasteiger partial charge in [0.25, 0.3) is 0 Å². The van der Waals surface area contributed by atoms with Gasteiger partial charge in [0.2, 0.25) is 0 Å². The zero-order valence-electron chi connectivity index (χ0n) is 15.8. The van der Waals surface area contributed by atoms with Gasteiger partial charge in [-0.3, -0.25) is 4.79 Å². The predicted octanol–water partition coefficient (Wildman–Crippen LogP) is 3.96. The van der Waals surface area contributed by atoms with Gasteiger partial charge in [-0.1, -0.05) is 6.07 Å². The van der Waals surface area contributed by atoms with Crippen molar-refractivity contribution >= 4 is 33.0 Å². The summed E-state index contributed by atoms with van der Waals surface area (Å²) in [4.78, 5) is 16.6. The number of carbonyl (C=O) groups excluding carboxylic acids is 1. The van der Waals surface area contributed by atoms with E-state index in [4.69, 9.17) is 9.84 Å². The Bertz CT molecular complexity index is 1440. The molecule has 3 aromatic heterocycles. The lowest BCUT2D eigenvalue weighted by atomic mass is 10.0. The van der Waals surface area contributed by atoms with Crippen molar-refractivity contribution in [2.24, 2.45) is 0 Å². The molecule has 0 spiro atoms. The Labute approximate surface area is 175 Å². The van der Waals surface area contributed by atoms with E-state index in [1.165, 1.54) is 0 Å². The van der Waals surface area contributed by atoms with Gasteiger partial charge in [0.15, 0.2) is 17.3 Å². The maximum Gasteiger partial charge on any atom is 0.177 e. The standard InChI is InChI=1S/C22H15N5O2S/c28-18-7-8-29-19-5-2-14(11-15(18)19)16-4-6-21-24-25-22(27(21)26-16)10-13-1-3-17-20(9-13)30-12-23-17/h1-6,9,11-12H,7-8,10H2. The van der Waals surface area contributed by atoms with Crippen molar-refractivity contribution in [3.8, 4) is 17.0 Å². The molecule has 4 heterocycles. The molecule has 5 aromatic rings. The lowest BCUT2D eigenvalue weighted by molar-refractivity contribution is 0.0933. The van der Waals surface area contributed by atoms with E-state index in [2.05, 4.69) is 27.3 Å². The van der Waals surface area contributed by atoms with Crippen LogP contribution in [0.2, 0.25) is 0 Å². The predicted molar refractivity (Wildman–Crippen MR) is 113 cm³/mol. The third-order valence-corrected chi connectivity index (χ3v) is 6.04. The van der Waals surface area contributed by atoms with Crippen molar-refractivity contribution in [1.29, 1.82) is 0 Å². The number of fused-ring (bicyclic) bond motifs is 3. The van der Waals surface area contributed by atoms with Gasteiger partial charge in [0.1, 0.15) is 5.75 Å². The van der Waals surface area contributed by atoms with E-state index in [0.717, 1.165) is 32.9 Å². The number of nitrogens with zero attached hydrogens (tertiary/aromatic N) is 5. The van der Waals surface area contributed by atoms with Gasteiger partial charge in [0.05, 0.1) is 33.6 Å². The minimum atomic E-state index is 0.0997. The molecular weight excluding hydrogens is 398 g/mol. The lowest BCUT2D eigenvalue weighted by Crippen LogP contribution is -2.15. The molecule has 1 aliphatic rings. The second kappa shape index (κ2) is 6.70. The summed E-state index contributed by atoms with van der Waals surface area (Å²) in [5.41, 5.74) is 6.89. The van der Waals surface area contributed by atoms with E-state index in [1.54, 1.807) is 15.9 Å². The molecular formula is C22H15N5O2S. The molecule has 30 heavy (non-hydrogen) atoms. The Morgan fingerprint density at radius 2 is 2.03 bits per heavy atom. The first kappa shape index (κ1) is 17.2. The molecule has 0 N–H and O–H groups in total. The van der Waals surface area contributed by atoms with E-state index in [1.807, 2.05) is 41.9 Å². The zero-order valence-corrected chi connectivity index (χ0v) is 16.6. The summed E-state index contributed by atoms with van der Waals surface area (Å²) in [6.07, 6.45) is 1.02. The van der Waals surface area contributed by atoms with Gasteiger partial charge >= 0.3 is 0 Å². The number of aromatic nitrogens is 5. The number of benzene rings is 2. The number of ketones is 1. The number of hydrogen-bond acceptors (Lipinski definition) is 7. The first-order valence-electron chi connectivity index (χ1n) is 9.58. The maximum atomic E-state index is 12.2. The summed E-state index contributed by atoms with van der Waals surface area (Å²) < 4.78 is 8.50. The van der Waals surface area contributed by atoms with Gasteiger partial charge in [-0.05, 0) is 48.0 Å². The molecule has 0 saturated carbocycles. The van der Waals surface area contributed by atoms with E-state index in [-0.39, 0.29) is 5.78 Å². The second-order valence-electron chi connectivity index (χ2n) is 7.17. The average Bonchev–Trinajstić information content (AvgIpc) is 3.40. The highest BCUT2D eigenvalue weighted by Crippen LogP contribution is 2.29. The molecule has 0 fully saturated rings. The van der Waals surface area contributed by atoms with Crippen LogP contribution in [0.4, 0.5) is 0 Å². The molecule has 6 rings (SSSR count). The number of thiazole rings is 1. The van der Waals surface area contributed by atoms with Crippen molar-refractivity contribution in [3.63, 3.8) is 0 Å². The SMILES string of the molecule is O=C1CCOc2ccc(-c3ccc4nnc(Cc5ccc6ncsc6c5)n4n3)cc21. The van der Waals surface area contributed by atoms with E-state index >= 15 is 0 Å². The van der Waals surface area contributed by atoms with Gasteiger partial charge < -0.3 is 4.74 Å². The summed E-state index contributed by atoms with van der Waals surface area (Å²) >= 11 is 1.62. The van der Waals surface area contributed by atoms with Crippen molar-refractivity contribution in [3.05, 3.63) is 71.0 Å². The summed E-state index contributed by atoms with van der Waals surface area (Å²) in [5, 5.41) is 13.3. The third-order valence-electron chi connectivity index (χ3n) is 5.25. The summed E-state index contributed by atoms with van der Waals surface area (Å²) in [6.45, 7) is 0.437. The zero-order chi connectivity index (χ0) is 20.1. The van der Waals surface area contributed by atoms with E-state index < -0.39 is 0 Å². The molecule has 7 nitrogen and oxygen atoms in total. The quantitative estimate of drug-likeness (QED) is 0.445. The topological polar surface area (TPSA) is 82.3 Å². The van der Waals surface area contributed by atoms with Crippen LogP contribution in [0.1, 0.15) is 28.2 Å². The van der Waals surface area contributed by atoms with Crippen LogP contribution < -0.4 is 4.74 Å². The molecule has 0 amide bonds. The molecule has 8 heteroatoms. The molecule has 0 unspecified atom stereocenters. The fourth-order valence-corrected chi connectivity index (χ4v) is 4.45. The summed E-state index contributed by atoms with van der Waals surface area (Å²) in [6, 6.07) is 15.6. The van der Waals surface area contributed by atoms with Crippen LogP contribution in [0.25, 0.3) is 27.1 Å². The van der Waals surface area contributed by atoms with Gasteiger partial charge in [-0.15, -0.1) is 21.5 Å². The minimum Gasteiger partial charge on any atom is -0.492 e. The minimum absolute atomic E-state index is 0.0997. The first-order chi connectivity index (χ1) is 14.7. The number of hydrogen-bond donors (Lipinski definition) is 0. The number of rotatable bonds is 3. The molecule has 0 aliphatic carbocycles. The van der Waals surface area contributed by atoms with Crippen LogP contribution in [-0.4, -0.2) is 37.2 Å². The summed E-state index contributed by atoms with van der Waals surface area (Å²) in [5.74, 6) is 1.50. The van der Waals surface area contributed by atoms with E-state index in [0.29, 0.717) is 36.4 Å². The van der Waals surface area contributed by atoms with E-state index in [9.17, 15) is 4.79 Å².